The molecule has 0 amide bonds. The number of hydrogen-bond acceptors (Lipinski definition) is 5. The second-order valence-electron chi connectivity index (χ2n) is 2.58. The number of nitrogens with zero attached hydrogens (tertiary/aromatic N) is 2. The molecule has 0 aliphatic heterocycles. The molecule has 15 heavy (non-hydrogen) atoms. The standard InChI is InChI=1S/C8H7BrN2O4/c1-15-8(12)7(9)5-2-3-10-4-6(5)11(13)14/h2-4,7H,1H3/t7-/m0/s1. The topological polar surface area (TPSA) is 82.3 Å². The minimum atomic E-state index is -0.856. The van der Waals surface area contributed by atoms with Crippen molar-refractivity contribution < 1.29 is 14.5 Å². The average molecular weight is 275 g/mol. The van der Waals surface area contributed by atoms with Gasteiger partial charge in [0, 0.05) is 6.20 Å². The third-order valence-electron chi connectivity index (χ3n) is 1.71. The van der Waals surface area contributed by atoms with Gasteiger partial charge in [0.1, 0.15) is 11.0 Å². The number of pyridine rings is 1. The van der Waals surface area contributed by atoms with Crippen molar-refractivity contribution in [1.82, 2.24) is 4.98 Å². The van der Waals surface area contributed by atoms with Gasteiger partial charge in [0.15, 0.2) is 0 Å². The maximum atomic E-state index is 11.2. The van der Waals surface area contributed by atoms with Crippen LogP contribution in [0.15, 0.2) is 18.5 Å². The second kappa shape index (κ2) is 4.83. The van der Waals surface area contributed by atoms with Crippen LogP contribution in [0.2, 0.25) is 0 Å². The van der Waals surface area contributed by atoms with Gasteiger partial charge in [-0.1, -0.05) is 15.9 Å². The Kier molecular flexibility index (Phi) is 3.73. The number of rotatable bonds is 3. The van der Waals surface area contributed by atoms with Crippen molar-refractivity contribution in [3.8, 4) is 0 Å². The molecule has 1 heterocycles. The molecular formula is C8H7BrN2O4. The van der Waals surface area contributed by atoms with E-state index in [0.717, 1.165) is 6.20 Å². The van der Waals surface area contributed by atoms with Crippen molar-refractivity contribution >= 4 is 27.6 Å². The molecule has 0 fully saturated rings. The van der Waals surface area contributed by atoms with Crippen LogP contribution in [-0.2, 0) is 9.53 Å². The molecule has 7 heteroatoms. The van der Waals surface area contributed by atoms with Crippen LogP contribution < -0.4 is 0 Å². The van der Waals surface area contributed by atoms with E-state index in [-0.39, 0.29) is 11.3 Å². The lowest BCUT2D eigenvalue weighted by Crippen LogP contribution is -2.10. The average Bonchev–Trinajstić information content (AvgIpc) is 2.27. The van der Waals surface area contributed by atoms with Crippen LogP contribution in [0.25, 0.3) is 0 Å². The van der Waals surface area contributed by atoms with E-state index in [1.165, 1.54) is 19.4 Å². The van der Waals surface area contributed by atoms with Crippen molar-refractivity contribution in [2.24, 2.45) is 0 Å². The largest absolute Gasteiger partial charge is 0.468 e. The molecular weight excluding hydrogens is 268 g/mol. The predicted octanol–water partition coefficient (Wildman–Crippen LogP) is 1.60. The number of carbonyl (C=O) groups excluding carboxylic acids is 1. The van der Waals surface area contributed by atoms with Gasteiger partial charge in [-0.15, -0.1) is 0 Å². The zero-order chi connectivity index (χ0) is 11.4. The predicted molar refractivity (Wildman–Crippen MR) is 54.6 cm³/mol. The van der Waals surface area contributed by atoms with Gasteiger partial charge < -0.3 is 4.74 Å². The Morgan fingerprint density at radius 1 is 1.73 bits per heavy atom. The Hall–Kier alpha value is -1.50. The Labute approximate surface area is 93.5 Å². The second-order valence-corrected chi connectivity index (χ2v) is 3.49. The summed E-state index contributed by atoms with van der Waals surface area (Å²) < 4.78 is 4.47. The number of alkyl halides is 1. The zero-order valence-corrected chi connectivity index (χ0v) is 9.30. The first-order valence-electron chi connectivity index (χ1n) is 3.88. The minimum absolute atomic E-state index is 0.218. The molecule has 1 rings (SSSR count). The van der Waals surface area contributed by atoms with Gasteiger partial charge in [-0.25, -0.2) is 0 Å². The lowest BCUT2D eigenvalue weighted by atomic mass is 10.1. The van der Waals surface area contributed by atoms with Crippen LogP contribution in [0, 0.1) is 10.1 Å². The highest BCUT2D eigenvalue weighted by atomic mass is 79.9. The van der Waals surface area contributed by atoms with Crippen LogP contribution in [0.3, 0.4) is 0 Å². The molecule has 0 radical (unpaired) electrons. The van der Waals surface area contributed by atoms with Crippen LogP contribution >= 0.6 is 15.9 Å². The number of aromatic nitrogens is 1. The molecule has 1 atom stereocenters. The first-order valence-corrected chi connectivity index (χ1v) is 4.79. The van der Waals surface area contributed by atoms with Gasteiger partial charge in [0.25, 0.3) is 5.69 Å². The lowest BCUT2D eigenvalue weighted by Gasteiger charge is -2.07. The van der Waals surface area contributed by atoms with Crippen molar-refractivity contribution in [2.45, 2.75) is 4.83 Å². The highest BCUT2D eigenvalue weighted by molar-refractivity contribution is 9.09. The van der Waals surface area contributed by atoms with E-state index in [9.17, 15) is 14.9 Å². The molecule has 80 valence electrons. The first-order chi connectivity index (χ1) is 7.07. The molecule has 0 aromatic carbocycles. The van der Waals surface area contributed by atoms with E-state index < -0.39 is 15.7 Å². The number of esters is 1. The zero-order valence-electron chi connectivity index (χ0n) is 7.71. The molecule has 0 bridgehead atoms. The van der Waals surface area contributed by atoms with Crippen LogP contribution in [0.1, 0.15) is 10.4 Å². The Morgan fingerprint density at radius 3 is 2.93 bits per heavy atom. The lowest BCUT2D eigenvalue weighted by molar-refractivity contribution is -0.385. The normalized spacial score (nSPS) is 11.9. The van der Waals surface area contributed by atoms with Crippen molar-refractivity contribution in [1.29, 1.82) is 0 Å². The highest BCUT2D eigenvalue weighted by Crippen LogP contribution is 2.30. The summed E-state index contributed by atoms with van der Waals surface area (Å²) in [6, 6.07) is 1.40. The fraction of sp³-hybridized carbons (Fsp3) is 0.250. The molecule has 1 aromatic heterocycles. The summed E-state index contributed by atoms with van der Waals surface area (Å²) in [6.07, 6.45) is 2.46. The molecule has 0 spiro atoms. The number of carbonyl (C=O) groups is 1. The summed E-state index contributed by atoms with van der Waals surface area (Å²) in [5.74, 6) is -0.593. The monoisotopic (exact) mass is 274 g/mol. The summed E-state index contributed by atoms with van der Waals surface area (Å²) in [5, 5.41) is 10.6. The maximum absolute atomic E-state index is 11.2. The number of halogens is 1. The molecule has 1 aromatic rings. The first kappa shape index (κ1) is 11.6. The van der Waals surface area contributed by atoms with Crippen LogP contribution in [-0.4, -0.2) is 23.0 Å². The number of methoxy groups -OCH3 is 1. The molecule has 0 N–H and O–H groups in total. The van der Waals surface area contributed by atoms with Gasteiger partial charge in [-0.3, -0.25) is 19.9 Å². The molecule has 0 unspecified atom stereocenters. The maximum Gasteiger partial charge on any atom is 0.324 e. The van der Waals surface area contributed by atoms with E-state index in [1.807, 2.05) is 0 Å². The summed E-state index contributed by atoms with van der Waals surface area (Å²) in [5.41, 5.74) is 0.00613. The number of ether oxygens (including phenoxy) is 1. The Balaban J connectivity index is 3.13. The third kappa shape index (κ3) is 2.50. The summed E-state index contributed by atoms with van der Waals surface area (Å²) >= 11 is 3.02. The minimum Gasteiger partial charge on any atom is -0.468 e. The van der Waals surface area contributed by atoms with E-state index in [1.54, 1.807) is 0 Å². The summed E-state index contributed by atoms with van der Waals surface area (Å²) in [4.78, 5) is 24.0. The highest BCUT2D eigenvalue weighted by Gasteiger charge is 2.26. The fourth-order valence-electron chi connectivity index (χ4n) is 0.994. The number of hydrogen-bond donors (Lipinski definition) is 0. The molecule has 0 saturated heterocycles. The van der Waals surface area contributed by atoms with E-state index in [2.05, 4.69) is 25.7 Å². The third-order valence-corrected chi connectivity index (χ3v) is 2.58. The van der Waals surface area contributed by atoms with Gasteiger partial charge in [0.05, 0.1) is 17.6 Å². The fourth-order valence-corrected chi connectivity index (χ4v) is 1.57. The molecule has 0 aliphatic rings. The van der Waals surface area contributed by atoms with Gasteiger partial charge in [-0.05, 0) is 6.07 Å². The summed E-state index contributed by atoms with van der Waals surface area (Å²) in [7, 11) is 1.21. The SMILES string of the molecule is COC(=O)[C@@H](Br)c1ccncc1[N+](=O)[O-]. The number of nitro groups is 1. The van der Waals surface area contributed by atoms with Gasteiger partial charge in [0.2, 0.25) is 0 Å². The smallest absolute Gasteiger partial charge is 0.324 e. The molecule has 6 nitrogen and oxygen atoms in total. The van der Waals surface area contributed by atoms with E-state index in [0.29, 0.717) is 0 Å². The van der Waals surface area contributed by atoms with Gasteiger partial charge in [-0.2, -0.15) is 0 Å². The Bertz CT molecular complexity index is 396. The molecule has 0 saturated carbocycles. The van der Waals surface area contributed by atoms with Crippen LogP contribution in [0.4, 0.5) is 5.69 Å². The van der Waals surface area contributed by atoms with Crippen LogP contribution in [0.5, 0.6) is 0 Å². The van der Waals surface area contributed by atoms with Crippen molar-refractivity contribution in [2.75, 3.05) is 7.11 Å². The van der Waals surface area contributed by atoms with Crippen molar-refractivity contribution in [3.05, 3.63) is 34.1 Å². The quantitative estimate of drug-likeness (QED) is 0.362. The van der Waals surface area contributed by atoms with Gasteiger partial charge >= 0.3 is 5.97 Å². The van der Waals surface area contributed by atoms with E-state index >= 15 is 0 Å². The Morgan fingerprint density at radius 2 is 2.40 bits per heavy atom. The summed E-state index contributed by atoms with van der Waals surface area (Å²) in [6.45, 7) is 0. The molecule has 0 aliphatic carbocycles. The van der Waals surface area contributed by atoms with E-state index in [4.69, 9.17) is 0 Å². The van der Waals surface area contributed by atoms with Crippen molar-refractivity contribution in [3.63, 3.8) is 0 Å².